The van der Waals surface area contributed by atoms with Crippen molar-refractivity contribution in [3.05, 3.63) is 82.3 Å². The molecule has 1 saturated heterocycles. The molecule has 0 bridgehead atoms. The van der Waals surface area contributed by atoms with Crippen molar-refractivity contribution >= 4 is 0 Å². The Morgan fingerprint density at radius 3 is 2.69 bits per heavy atom. The fourth-order valence-corrected chi connectivity index (χ4v) is 3.40. The number of rotatable bonds is 4. The molecule has 0 saturated carbocycles. The molecule has 4 rings (SSSR count). The first kappa shape index (κ1) is 16.6. The fraction of sp³-hybridized carbons (Fsp3) is 0.250. The quantitative estimate of drug-likeness (QED) is 0.786. The summed E-state index contributed by atoms with van der Waals surface area (Å²) in [7, 11) is 0. The highest BCUT2D eigenvalue weighted by atomic mass is 19.1. The number of halogens is 1. The Morgan fingerprint density at radius 1 is 1.15 bits per heavy atom. The molecular formula is C20H19FN4O. The van der Waals surface area contributed by atoms with Gasteiger partial charge in [-0.2, -0.15) is 0 Å². The molecule has 1 aromatic carbocycles. The summed E-state index contributed by atoms with van der Waals surface area (Å²) in [5, 5.41) is 0. The van der Waals surface area contributed by atoms with Gasteiger partial charge in [0.2, 0.25) is 0 Å². The van der Waals surface area contributed by atoms with Crippen molar-refractivity contribution < 1.29 is 4.39 Å². The maximum atomic E-state index is 13.0. The minimum absolute atomic E-state index is 0.140. The molecule has 6 heteroatoms. The van der Waals surface area contributed by atoms with Gasteiger partial charge in [0.25, 0.3) is 5.56 Å². The standard InChI is InChI=1S/C20H19FN4O/c21-17-3-1-14(2-4-17)12-25-10-7-16(13-25)18-11-19(26)24-20(23-18)15-5-8-22-9-6-15/h1-6,8-9,11,16H,7,10,12-13H2,(H,23,24,26)/t16-/m0/s1. The van der Waals surface area contributed by atoms with Gasteiger partial charge < -0.3 is 4.98 Å². The molecule has 5 nitrogen and oxygen atoms in total. The molecule has 1 N–H and O–H groups in total. The number of nitrogens with one attached hydrogen (secondary N) is 1. The van der Waals surface area contributed by atoms with Crippen LogP contribution < -0.4 is 5.56 Å². The van der Waals surface area contributed by atoms with Crippen LogP contribution >= 0.6 is 0 Å². The molecular weight excluding hydrogens is 331 g/mol. The van der Waals surface area contributed by atoms with Gasteiger partial charge in [-0.1, -0.05) is 12.1 Å². The second kappa shape index (κ2) is 7.17. The van der Waals surface area contributed by atoms with Crippen LogP contribution in [0.25, 0.3) is 11.4 Å². The van der Waals surface area contributed by atoms with Crippen molar-refractivity contribution in [1.29, 1.82) is 0 Å². The summed E-state index contributed by atoms with van der Waals surface area (Å²) in [6.07, 6.45) is 4.32. The Bertz CT molecular complexity index is 940. The minimum atomic E-state index is -0.218. The monoisotopic (exact) mass is 350 g/mol. The zero-order valence-corrected chi connectivity index (χ0v) is 14.2. The van der Waals surface area contributed by atoms with E-state index in [9.17, 15) is 9.18 Å². The van der Waals surface area contributed by atoms with E-state index in [1.165, 1.54) is 12.1 Å². The van der Waals surface area contributed by atoms with Crippen LogP contribution in [-0.4, -0.2) is 32.9 Å². The van der Waals surface area contributed by atoms with E-state index in [2.05, 4.69) is 19.9 Å². The molecule has 2 aromatic heterocycles. The molecule has 3 aromatic rings. The number of nitrogens with zero attached hydrogens (tertiary/aromatic N) is 3. The summed E-state index contributed by atoms with van der Waals surface area (Å²) in [6.45, 7) is 2.54. The zero-order valence-electron chi connectivity index (χ0n) is 14.2. The van der Waals surface area contributed by atoms with Gasteiger partial charge in [-0.15, -0.1) is 0 Å². The van der Waals surface area contributed by atoms with E-state index in [-0.39, 0.29) is 17.3 Å². The van der Waals surface area contributed by atoms with Crippen LogP contribution in [0.1, 0.15) is 23.6 Å². The van der Waals surface area contributed by atoms with Crippen molar-refractivity contribution in [2.24, 2.45) is 0 Å². The van der Waals surface area contributed by atoms with Crippen molar-refractivity contribution in [2.45, 2.75) is 18.9 Å². The van der Waals surface area contributed by atoms with Crippen LogP contribution in [-0.2, 0) is 6.54 Å². The lowest BCUT2D eigenvalue weighted by molar-refractivity contribution is 0.326. The predicted molar refractivity (Wildman–Crippen MR) is 97.1 cm³/mol. The van der Waals surface area contributed by atoms with Gasteiger partial charge in [0, 0.05) is 43.0 Å². The van der Waals surface area contributed by atoms with E-state index in [0.29, 0.717) is 5.82 Å². The summed E-state index contributed by atoms with van der Waals surface area (Å²) in [5.41, 5.74) is 2.62. The van der Waals surface area contributed by atoms with Gasteiger partial charge in [0.1, 0.15) is 11.6 Å². The van der Waals surface area contributed by atoms with E-state index >= 15 is 0 Å². The highest BCUT2D eigenvalue weighted by Gasteiger charge is 2.25. The zero-order chi connectivity index (χ0) is 17.9. The van der Waals surface area contributed by atoms with E-state index in [0.717, 1.165) is 42.9 Å². The molecule has 1 fully saturated rings. The number of aromatic nitrogens is 3. The Hall–Kier alpha value is -2.86. The number of likely N-dealkylation sites (tertiary alicyclic amines) is 1. The number of hydrogen-bond donors (Lipinski definition) is 1. The molecule has 1 aliphatic heterocycles. The summed E-state index contributed by atoms with van der Waals surface area (Å²) in [4.78, 5) is 25.9. The Kier molecular flexibility index (Phi) is 4.58. The lowest BCUT2D eigenvalue weighted by Gasteiger charge is -2.16. The third-order valence-electron chi connectivity index (χ3n) is 4.73. The minimum Gasteiger partial charge on any atom is -0.307 e. The first-order chi connectivity index (χ1) is 12.7. The molecule has 0 unspecified atom stereocenters. The summed E-state index contributed by atoms with van der Waals surface area (Å²) in [6, 6.07) is 11.9. The Morgan fingerprint density at radius 2 is 1.92 bits per heavy atom. The smallest absolute Gasteiger partial charge is 0.251 e. The lowest BCUT2D eigenvalue weighted by atomic mass is 10.0. The molecule has 0 radical (unpaired) electrons. The average molecular weight is 350 g/mol. The number of hydrogen-bond acceptors (Lipinski definition) is 4. The molecule has 3 heterocycles. The predicted octanol–water partition coefficient (Wildman–Crippen LogP) is 2.96. The van der Waals surface area contributed by atoms with Crippen LogP contribution in [0.4, 0.5) is 4.39 Å². The average Bonchev–Trinajstić information content (AvgIpc) is 3.12. The topological polar surface area (TPSA) is 61.9 Å². The van der Waals surface area contributed by atoms with Crippen molar-refractivity contribution in [3.63, 3.8) is 0 Å². The van der Waals surface area contributed by atoms with Crippen molar-refractivity contribution in [3.8, 4) is 11.4 Å². The van der Waals surface area contributed by atoms with Crippen LogP contribution in [0.2, 0.25) is 0 Å². The van der Waals surface area contributed by atoms with E-state index in [4.69, 9.17) is 0 Å². The summed E-state index contributed by atoms with van der Waals surface area (Å²) in [5.74, 6) is 0.578. The van der Waals surface area contributed by atoms with Gasteiger partial charge in [-0.3, -0.25) is 14.7 Å². The van der Waals surface area contributed by atoms with Crippen LogP contribution in [0.15, 0.2) is 59.7 Å². The lowest BCUT2D eigenvalue weighted by Crippen LogP contribution is -2.20. The second-order valence-electron chi connectivity index (χ2n) is 6.60. The van der Waals surface area contributed by atoms with E-state index in [1.54, 1.807) is 18.5 Å². The number of pyridine rings is 1. The van der Waals surface area contributed by atoms with Gasteiger partial charge in [0.05, 0.1) is 5.69 Å². The van der Waals surface area contributed by atoms with Crippen LogP contribution in [0, 0.1) is 5.82 Å². The normalized spacial score (nSPS) is 17.5. The maximum Gasteiger partial charge on any atom is 0.251 e. The van der Waals surface area contributed by atoms with Crippen LogP contribution in [0.3, 0.4) is 0 Å². The molecule has 1 aliphatic rings. The molecule has 1 atom stereocenters. The Labute approximate surface area is 150 Å². The first-order valence-electron chi connectivity index (χ1n) is 8.66. The summed E-state index contributed by atoms with van der Waals surface area (Å²) >= 11 is 0. The van der Waals surface area contributed by atoms with Crippen LogP contribution in [0.5, 0.6) is 0 Å². The highest BCUT2D eigenvalue weighted by molar-refractivity contribution is 5.53. The molecule has 132 valence electrons. The van der Waals surface area contributed by atoms with Gasteiger partial charge in [0.15, 0.2) is 0 Å². The van der Waals surface area contributed by atoms with Gasteiger partial charge in [-0.25, -0.2) is 9.37 Å². The summed E-state index contributed by atoms with van der Waals surface area (Å²) < 4.78 is 13.0. The highest BCUT2D eigenvalue weighted by Crippen LogP contribution is 2.27. The third-order valence-corrected chi connectivity index (χ3v) is 4.73. The van der Waals surface area contributed by atoms with Crippen molar-refractivity contribution in [2.75, 3.05) is 13.1 Å². The fourth-order valence-electron chi connectivity index (χ4n) is 3.40. The number of H-pyrrole nitrogens is 1. The second-order valence-corrected chi connectivity index (χ2v) is 6.60. The van der Waals surface area contributed by atoms with E-state index in [1.807, 2.05) is 24.3 Å². The maximum absolute atomic E-state index is 13.0. The SMILES string of the molecule is O=c1cc([C@H]2CCN(Cc3ccc(F)cc3)C2)nc(-c2ccncc2)[nH]1. The first-order valence-corrected chi connectivity index (χ1v) is 8.66. The molecule has 0 aliphatic carbocycles. The van der Waals surface area contributed by atoms with E-state index < -0.39 is 0 Å². The Balaban J connectivity index is 1.51. The van der Waals surface area contributed by atoms with Crippen molar-refractivity contribution in [1.82, 2.24) is 19.9 Å². The molecule has 26 heavy (non-hydrogen) atoms. The van der Waals surface area contributed by atoms with Gasteiger partial charge in [-0.05, 0) is 42.8 Å². The molecule has 0 amide bonds. The largest absolute Gasteiger partial charge is 0.307 e. The number of aromatic amines is 1. The molecule has 0 spiro atoms. The third kappa shape index (κ3) is 3.70. The number of benzene rings is 1. The van der Waals surface area contributed by atoms with Gasteiger partial charge >= 0.3 is 0 Å².